The fraction of sp³-hybridized carbons (Fsp3) is 0.389. The smallest absolute Gasteiger partial charge is 0.323 e. The number of thiazole rings is 1. The number of hydrogen-bond acceptors (Lipinski definition) is 6. The number of amides is 1. The molecule has 1 heterocycles. The van der Waals surface area contributed by atoms with Gasteiger partial charge in [-0.25, -0.2) is 4.98 Å². The number of aliphatic carboxylic acids is 1. The van der Waals surface area contributed by atoms with E-state index in [0.29, 0.717) is 12.3 Å². The van der Waals surface area contributed by atoms with Crippen molar-refractivity contribution in [2.45, 2.75) is 13.3 Å². The van der Waals surface area contributed by atoms with Crippen molar-refractivity contribution in [3.63, 3.8) is 0 Å². The zero-order valence-corrected chi connectivity index (χ0v) is 15.6. The van der Waals surface area contributed by atoms with Crippen molar-refractivity contribution in [3.8, 4) is 16.3 Å². The van der Waals surface area contributed by atoms with Gasteiger partial charge in [-0.15, -0.1) is 11.3 Å². The molecule has 0 unspecified atom stereocenters. The molecule has 0 radical (unpaired) electrons. The van der Waals surface area contributed by atoms with Crippen LogP contribution in [0.2, 0.25) is 0 Å². The molecule has 1 N–H and O–H groups in total. The predicted octanol–water partition coefficient (Wildman–Crippen LogP) is 2.31. The second-order valence-electron chi connectivity index (χ2n) is 5.48. The van der Waals surface area contributed by atoms with Gasteiger partial charge in [0.05, 0.1) is 25.3 Å². The number of carboxylic acids is 1. The number of ether oxygens (including phenoxy) is 2. The lowest BCUT2D eigenvalue weighted by atomic mass is 10.2. The van der Waals surface area contributed by atoms with Crippen LogP contribution >= 0.6 is 11.3 Å². The Balaban J connectivity index is 2.03. The van der Waals surface area contributed by atoms with Crippen molar-refractivity contribution in [1.29, 1.82) is 0 Å². The first kappa shape index (κ1) is 19.9. The maximum Gasteiger partial charge on any atom is 0.323 e. The van der Waals surface area contributed by atoms with E-state index in [2.05, 4.69) is 4.98 Å². The van der Waals surface area contributed by atoms with Gasteiger partial charge in [0.1, 0.15) is 17.3 Å². The summed E-state index contributed by atoms with van der Waals surface area (Å²) in [5.74, 6) is -0.540. The van der Waals surface area contributed by atoms with Crippen molar-refractivity contribution in [1.82, 2.24) is 9.88 Å². The number of hydrogen-bond donors (Lipinski definition) is 1. The van der Waals surface area contributed by atoms with Crippen LogP contribution in [0.3, 0.4) is 0 Å². The van der Waals surface area contributed by atoms with Gasteiger partial charge in [-0.3, -0.25) is 9.59 Å². The number of nitrogens with zero attached hydrogens (tertiary/aromatic N) is 2. The van der Waals surface area contributed by atoms with Gasteiger partial charge in [0.2, 0.25) is 5.91 Å². The summed E-state index contributed by atoms with van der Waals surface area (Å²) in [6.45, 7) is 2.71. The van der Waals surface area contributed by atoms with Crippen molar-refractivity contribution < 1.29 is 24.2 Å². The molecule has 26 heavy (non-hydrogen) atoms. The standard InChI is InChI=1S/C18H22N2O5S/c1-3-25-15-6-4-13(5-7-15)18-19-14(12-26-18)10-16(21)20(8-9-24-2)11-17(22)23/h4-7,12H,3,8-11H2,1-2H3,(H,22,23). The molecule has 0 aliphatic carbocycles. The Labute approximate surface area is 156 Å². The third kappa shape index (κ3) is 5.82. The van der Waals surface area contributed by atoms with Crippen LogP contribution in [0.1, 0.15) is 12.6 Å². The second kappa shape index (κ2) is 9.88. The molecule has 2 aromatic rings. The summed E-state index contributed by atoms with van der Waals surface area (Å²) in [5.41, 5.74) is 1.57. The number of carboxylic acid groups (broad SMARTS) is 1. The Bertz CT molecular complexity index is 729. The highest BCUT2D eigenvalue weighted by Crippen LogP contribution is 2.26. The van der Waals surface area contributed by atoms with E-state index in [-0.39, 0.29) is 32.0 Å². The van der Waals surface area contributed by atoms with E-state index in [4.69, 9.17) is 14.6 Å². The number of rotatable bonds is 10. The van der Waals surface area contributed by atoms with E-state index < -0.39 is 5.97 Å². The molecule has 0 atom stereocenters. The summed E-state index contributed by atoms with van der Waals surface area (Å²) in [4.78, 5) is 29.1. The Morgan fingerprint density at radius 1 is 1.27 bits per heavy atom. The topological polar surface area (TPSA) is 89.0 Å². The maximum absolute atomic E-state index is 12.4. The lowest BCUT2D eigenvalue weighted by Crippen LogP contribution is -2.38. The Morgan fingerprint density at radius 2 is 2.00 bits per heavy atom. The van der Waals surface area contributed by atoms with Crippen LogP contribution < -0.4 is 4.74 Å². The molecule has 1 aromatic carbocycles. The normalized spacial score (nSPS) is 10.5. The molecule has 1 aromatic heterocycles. The van der Waals surface area contributed by atoms with Crippen LogP contribution in [0.25, 0.3) is 10.6 Å². The van der Waals surface area contributed by atoms with Crippen LogP contribution in [0, 0.1) is 0 Å². The Kier molecular flexibility index (Phi) is 7.55. The first-order valence-electron chi connectivity index (χ1n) is 8.19. The Hall–Kier alpha value is -2.45. The molecule has 0 saturated carbocycles. The van der Waals surface area contributed by atoms with Crippen molar-refractivity contribution in [2.24, 2.45) is 0 Å². The molecule has 2 rings (SSSR count). The largest absolute Gasteiger partial charge is 0.494 e. The average molecular weight is 378 g/mol. The van der Waals surface area contributed by atoms with Crippen LogP contribution in [-0.4, -0.2) is 60.3 Å². The molecule has 0 saturated heterocycles. The van der Waals surface area contributed by atoms with Gasteiger partial charge >= 0.3 is 5.97 Å². The fourth-order valence-corrected chi connectivity index (χ4v) is 3.13. The quantitative estimate of drug-likeness (QED) is 0.682. The third-order valence-electron chi connectivity index (χ3n) is 3.54. The lowest BCUT2D eigenvalue weighted by molar-refractivity contribution is -0.144. The zero-order chi connectivity index (χ0) is 18.9. The number of carbonyl (C=O) groups excluding carboxylic acids is 1. The fourth-order valence-electron chi connectivity index (χ4n) is 2.30. The second-order valence-corrected chi connectivity index (χ2v) is 6.34. The van der Waals surface area contributed by atoms with E-state index in [1.807, 2.05) is 36.6 Å². The van der Waals surface area contributed by atoms with Crippen molar-refractivity contribution >= 4 is 23.2 Å². The number of carbonyl (C=O) groups is 2. The van der Waals surface area contributed by atoms with Gasteiger partial charge in [-0.2, -0.15) is 0 Å². The predicted molar refractivity (Wildman–Crippen MR) is 98.5 cm³/mol. The minimum atomic E-state index is -1.05. The number of methoxy groups -OCH3 is 1. The maximum atomic E-state index is 12.4. The van der Waals surface area contributed by atoms with Gasteiger partial charge in [0, 0.05) is 24.6 Å². The molecule has 0 aliphatic rings. The molecular weight excluding hydrogens is 356 g/mol. The summed E-state index contributed by atoms with van der Waals surface area (Å²) < 4.78 is 10.4. The lowest BCUT2D eigenvalue weighted by Gasteiger charge is -2.19. The summed E-state index contributed by atoms with van der Waals surface area (Å²) in [6, 6.07) is 7.60. The van der Waals surface area contributed by atoms with Crippen LogP contribution in [0.4, 0.5) is 0 Å². The summed E-state index contributed by atoms with van der Waals surface area (Å²) in [6.07, 6.45) is 0.0600. The van der Waals surface area contributed by atoms with E-state index >= 15 is 0 Å². The Morgan fingerprint density at radius 3 is 2.62 bits per heavy atom. The van der Waals surface area contributed by atoms with Gasteiger partial charge in [-0.1, -0.05) is 0 Å². The first-order chi connectivity index (χ1) is 12.5. The van der Waals surface area contributed by atoms with Gasteiger partial charge in [-0.05, 0) is 31.2 Å². The molecule has 0 fully saturated rings. The van der Waals surface area contributed by atoms with Crippen molar-refractivity contribution in [3.05, 3.63) is 35.3 Å². The minimum absolute atomic E-state index is 0.0600. The number of benzene rings is 1. The highest BCUT2D eigenvalue weighted by atomic mass is 32.1. The molecule has 0 spiro atoms. The van der Waals surface area contributed by atoms with E-state index in [9.17, 15) is 9.59 Å². The monoisotopic (exact) mass is 378 g/mol. The van der Waals surface area contributed by atoms with Crippen molar-refractivity contribution in [2.75, 3.05) is 33.4 Å². The molecule has 8 heteroatoms. The molecule has 7 nitrogen and oxygen atoms in total. The van der Waals surface area contributed by atoms with Crippen LogP contribution in [0.5, 0.6) is 5.75 Å². The van der Waals surface area contributed by atoms with Gasteiger partial charge in [0.15, 0.2) is 0 Å². The average Bonchev–Trinajstić information content (AvgIpc) is 3.07. The number of aromatic nitrogens is 1. The molecule has 140 valence electrons. The third-order valence-corrected chi connectivity index (χ3v) is 4.48. The van der Waals surface area contributed by atoms with E-state index in [1.165, 1.54) is 23.3 Å². The molecule has 1 amide bonds. The zero-order valence-electron chi connectivity index (χ0n) is 14.8. The van der Waals surface area contributed by atoms with Crippen LogP contribution in [-0.2, 0) is 20.7 Å². The molecule has 0 bridgehead atoms. The summed E-state index contributed by atoms with van der Waals surface area (Å²) >= 11 is 1.44. The molecule has 0 aliphatic heterocycles. The van der Waals surface area contributed by atoms with Gasteiger partial charge < -0.3 is 19.5 Å². The SMILES string of the molecule is CCOc1ccc(-c2nc(CC(=O)N(CCOC)CC(=O)O)cs2)cc1. The summed E-state index contributed by atoms with van der Waals surface area (Å²) in [7, 11) is 1.51. The first-order valence-corrected chi connectivity index (χ1v) is 9.07. The highest BCUT2D eigenvalue weighted by Gasteiger charge is 2.18. The van der Waals surface area contributed by atoms with Gasteiger partial charge in [0.25, 0.3) is 0 Å². The van der Waals surface area contributed by atoms with E-state index in [0.717, 1.165) is 16.3 Å². The summed E-state index contributed by atoms with van der Waals surface area (Å²) in [5, 5.41) is 11.6. The molecular formula is C18H22N2O5S. The van der Waals surface area contributed by atoms with Crippen LogP contribution in [0.15, 0.2) is 29.6 Å². The van der Waals surface area contributed by atoms with E-state index in [1.54, 1.807) is 0 Å². The minimum Gasteiger partial charge on any atom is -0.494 e. The highest BCUT2D eigenvalue weighted by molar-refractivity contribution is 7.13.